The van der Waals surface area contributed by atoms with Crippen molar-refractivity contribution in [3.63, 3.8) is 0 Å². The molecule has 2 rings (SSSR count). The molecule has 22 heavy (non-hydrogen) atoms. The molecule has 0 saturated carbocycles. The molecule has 0 aliphatic heterocycles. The van der Waals surface area contributed by atoms with Gasteiger partial charge in [-0.15, -0.1) is 0 Å². The predicted octanol–water partition coefficient (Wildman–Crippen LogP) is 0.823. The van der Waals surface area contributed by atoms with E-state index < -0.39 is 10.0 Å². The Hall–Kier alpha value is -2.25. The number of nitrogens with zero attached hydrogens (tertiary/aromatic N) is 1. The van der Waals surface area contributed by atoms with E-state index in [4.69, 9.17) is 5.14 Å². The van der Waals surface area contributed by atoms with Crippen LogP contribution in [0.4, 0.5) is 5.69 Å². The Morgan fingerprint density at radius 2 is 1.91 bits per heavy atom. The SMILES string of the molecule is CCc1cc[n+](CC(=O)Nc2cccc(S(N)(=O)=O)c2)cc1. The highest BCUT2D eigenvalue weighted by Crippen LogP contribution is 2.13. The van der Waals surface area contributed by atoms with Crippen molar-refractivity contribution in [1.82, 2.24) is 0 Å². The maximum absolute atomic E-state index is 12.0. The van der Waals surface area contributed by atoms with Gasteiger partial charge in [0.15, 0.2) is 12.4 Å². The number of primary sulfonamides is 1. The van der Waals surface area contributed by atoms with E-state index in [1.54, 1.807) is 10.6 Å². The first-order valence-electron chi connectivity index (χ1n) is 6.79. The number of carbonyl (C=O) groups is 1. The summed E-state index contributed by atoms with van der Waals surface area (Å²) in [5.74, 6) is -0.249. The van der Waals surface area contributed by atoms with Crippen LogP contribution in [0.1, 0.15) is 12.5 Å². The van der Waals surface area contributed by atoms with Gasteiger partial charge in [0.25, 0.3) is 5.91 Å². The van der Waals surface area contributed by atoms with Gasteiger partial charge in [-0.05, 0) is 30.2 Å². The average Bonchev–Trinajstić information content (AvgIpc) is 2.47. The predicted molar refractivity (Wildman–Crippen MR) is 82.5 cm³/mol. The Labute approximate surface area is 129 Å². The van der Waals surface area contributed by atoms with Crippen LogP contribution in [0.2, 0.25) is 0 Å². The third-order valence-corrected chi connectivity index (χ3v) is 4.05. The highest BCUT2D eigenvalue weighted by molar-refractivity contribution is 7.89. The van der Waals surface area contributed by atoms with Crippen LogP contribution >= 0.6 is 0 Å². The molecule has 0 aliphatic carbocycles. The smallest absolute Gasteiger partial charge is 0.290 e. The summed E-state index contributed by atoms with van der Waals surface area (Å²) in [4.78, 5) is 11.9. The van der Waals surface area contributed by atoms with Crippen molar-refractivity contribution in [2.75, 3.05) is 5.32 Å². The summed E-state index contributed by atoms with van der Waals surface area (Å²) in [6.45, 7) is 2.20. The first kappa shape index (κ1) is 16.1. The number of aromatic nitrogens is 1. The molecule has 1 heterocycles. The quantitative estimate of drug-likeness (QED) is 0.799. The van der Waals surface area contributed by atoms with Crippen LogP contribution in [-0.2, 0) is 27.8 Å². The molecule has 7 heteroatoms. The topological polar surface area (TPSA) is 93.1 Å². The number of carbonyl (C=O) groups excluding carboxylic acids is 1. The molecule has 3 N–H and O–H groups in total. The highest BCUT2D eigenvalue weighted by Gasteiger charge is 2.12. The van der Waals surface area contributed by atoms with E-state index in [-0.39, 0.29) is 17.3 Å². The van der Waals surface area contributed by atoms with Gasteiger partial charge >= 0.3 is 0 Å². The Morgan fingerprint density at radius 1 is 1.23 bits per heavy atom. The molecular weight excluding hydrogens is 302 g/mol. The molecule has 2 aromatic rings. The van der Waals surface area contributed by atoms with Crippen LogP contribution in [0.3, 0.4) is 0 Å². The van der Waals surface area contributed by atoms with E-state index in [0.29, 0.717) is 5.69 Å². The molecule has 0 bridgehead atoms. The number of benzene rings is 1. The first-order chi connectivity index (χ1) is 10.4. The second-order valence-electron chi connectivity index (χ2n) is 4.85. The third-order valence-electron chi connectivity index (χ3n) is 3.14. The number of hydrogen-bond donors (Lipinski definition) is 2. The van der Waals surface area contributed by atoms with E-state index in [1.165, 1.54) is 23.8 Å². The molecule has 0 atom stereocenters. The van der Waals surface area contributed by atoms with Crippen LogP contribution in [-0.4, -0.2) is 14.3 Å². The van der Waals surface area contributed by atoms with Crippen molar-refractivity contribution in [1.29, 1.82) is 0 Å². The number of amides is 1. The van der Waals surface area contributed by atoms with Crippen molar-refractivity contribution in [2.24, 2.45) is 5.14 Å². The van der Waals surface area contributed by atoms with Gasteiger partial charge in [0, 0.05) is 17.8 Å². The lowest BCUT2D eigenvalue weighted by Gasteiger charge is -2.05. The standard InChI is InChI=1S/C15H17N3O3S/c1-2-12-6-8-18(9-7-12)11-15(19)17-13-4-3-5-14(10-13)22(16,20)21/h3-10H,2,11H2,1H3,(H2-,16,17,19,20,21)/p+1. The van der Waals surface area contributed by atoms with Crippen LogP contribution in [0, 0.1) is 0 Å². The fourth-order valence-corrected chi connectivity index (χ4v) is 2.51. The Morgan fingerprint density at radius 3 is 2.50 bits per heavy atom. The zero-order valence-electron chi connectivity index (χ0n) is 12.2. The largest absolute Gasteiger partial charge is 0.321 e. The summed E-state index contributed by atoms with van der Waals surface area (Å²) in [5.41, 5.74) is 1.58. The number of sulfonamides is 1. The molecule has 0 unspecified atom stereocenters. The molecule has 0 fully saturated rings. The van der Waals surface area contributed by atoms with Gasteiger partial charge in [0.1, 0.15) is 0 Å². The number of pyridine rings is 1. The maximum Gasteiger partial charge on any atom is 0.290 e. The van der Waals surface area contributed by atoms with Gasteiger partial charge in [0.2, 0.25) is 16.6 Å². The van der Waals surface area contributed by atoms with Crippen LogP contribution < -0.4 is 15.0 Å². The Kier molecular flexibility index (Phi) is 4.89. The van der Waals surface area contributed by atoms with E-state index in [1.807, 2.05) is 24.5 Å². The zero-order chi connectivity index (χ0) is 16.2. The van der Waals surface area contributed by atoms with Gasteiger partial charge in [-0.1, -0.05) is 13.0 Å². The van der Waals surface area contributed by atoms with Crippen molar-refractivity contribution >= 4 is 21.6 Å². The molecule has 0 radical (unpaired) electrons. The minimum atomic E-state index is -3.78. The summed E-state index contributed by atoms with van der Waals surface area (Å²) in [6.07, 6.45) is 4.60. The van der Waals surface area contributed by atoms with Crippen LogP contribution in [0.15, 0.2) is 53.7 Å². The van der Waals surface area contributed by atoms with Crippen molar-refractivity contribution in [3.05, 3.63) is 54.4 Å². The fraction of sp³-hybridized carbons (Fsp3) is 0.200. The lowest BCUT2D eigenvalue weighted by atomic mass is 10.2. The summed E-state index contributed by atoms with van der Waals surface area (Å²) >= 11 is 0. The average molecular weight is 320 g/mol. The summed E-state index contributed by atoms with van der Waals surface area (Å²) in [5, 5.41) is 7.71. The first-order valence-corrected chi connectivity index (χ1v) is 8.34. The van der Waals surface area contributed by atoms with Crippen molar-refractivity contribution in [3.8, 4) is 0 Å². The summed E-state index contributed by atoms with van der Waals surface area (Å²) in [7, 11) is -3.78. The number of aryl methyl sites for hydroxylation is 1. The number of anilines is 1. The monoisotopic (exact) mass is 320 g/mol. The zero-order valence-corrected chi connectivity index (χ0v) is 13.0. The Bertz CT molecular complexity index is 771. The van der Waals surface area contributed by atoms with Gasteiger partial charge < -0.3 is 5.32 Å². The lowest BCUT2D eigenvalue weighted by Crippen LogP contribution is -2.39. The highest BCUT2D eigenvalue weighted by atomic mass is 32.2. The molecule has 1 aromatic heterocycles. The minimum absolute atomic E-state index is 0.0368. The Balaban J connectivity index is 2.05. The van der Waals surface area contributed by atoms with Gasteiger partial charge in [0.05, 0.1) is 4.90 Å². The van der Waals surface area contributed by atoms with E-state index >= 15 is 0 Å². The van der Waals surface area contributed by atoms with Gasteiger partial charge in [-0.3, -0.25) is 4.79 Å². The maximum atomic E-state index is 12.0. The molecule has 0 aliphatic rings. The van der Waals surface area contributed by atoms with Crippen LogP contribution in [0.25, 0.3) is 0 Å². The molecule has 0 spiro atoms. The van der Waals surface area contributed by atoms with E-state index in [9.17, 15) is 13.2 Å². The van der Waals surface area contributed by atoms with E-state index in [2.05, 4.69) is 12.2 Å². The van der Waals surface area contributed by atoms with E-state index in [0.717, 1.165) is 6.42 Å². The van der Waals surface area contributed by atoms with Gasteiger partial charge in [-0.25, -0.2) is 13.6 Å². The van der Waals surface area contributed by atoms with Gasteiger partial charge in [-0.2, -0.15) is 4.57 Å². The molecule has 1 aromatic carbocycles. The summed E-state index contributed by atoms with van der Waals surface area (Å²) < 4.78 is 24.3. The van der Waals surface area contributed by atoms with Crippen LogP contribution in [0.5, 0.6) is 0 Å². The number of nitrogens with two attached hydrogens (primary N) is 1. The molecular formula is C15H18N3O3S+. The minimum Gasteiger partial charge on any atom is -0.321 e. The third kappa shape index (κ3) is 4.37. The molecule has 0 saturated heterocycles. The second-order valence-corrected chi connectivity index (χ2v) is 6.41. The number of hydrogen-bond acceptors (Lipinski definition) is 3. The second kappa shape index (κ2) is 6.67. The molecule has 6 nitrogen and oxygen atoms in total. The molecule has 1 amide bonds. The number of rotatable bonds is 5. The fourth-order valence-electron chi connectivity index (χ4n) is 1.95. The van der Waals surface area contributed by atoms with Crippen molar-refractivity contribution in [2.45, 2.75) is 24.8 Å². The number of nitrogens with one attached hydrogen (secondary N) is 1. The molecule has 116 valence electrons. The lowest BCUT2D eigenvalue weighted by molar-refractivity contribution is -0.684. The normalized spacial score (nSPS) is 11.2. The summed E-state index contributed by atoms with van der Waals surface area (Å²) in [6, 6.07) is 9.75. The van der Waals surface area contributed by atoms with Crippen molar-refractivity contribution < 1.29 is 17.8 Å².